The molecule has 0 aromatic rings. The highest BCUT2D eigenvalue weighted by Gasteiger charge is 1.91. The van der Waals surface area contributed by atoms with Gasteiger partial charge in [0.1, 0.15) is 0 Å². The molecule has 0 N–H and O–H groups in total. The average molecular weight is 293 g/mol. The highest BCUT2D eigenvalue weighted by molar-refractivity contribution is 4.81. The van der Waals surface area contributed by atoms with Crippen LogP contribution in [0.5, 0.6) is 0 Å². The molecule has 124 valence electrons. The van der Waals surface area contributed by atoms with Gasteiger partial charge in [0, 0.05) is 0 Å². The lowest BCUT2D eigenvalue weighted by Crippen LogP contribution is -1.80. The summed E-state index contributed by atoms with van der Waals surface area (Å²) in [5, 5.41) is 0. The Morgan fingerprint density at radius 1 is 0.524 bits per heavy atom. The fourth-order valence-corrected chi connectivity index (χ4v) is 2.71. The Kier molecular flexibility index (Phi) is 19.0. The minimum absolute atomic E-state index is 1.20. The molecule has 0 aliphatic rings. The highest BCUT2D eigenvalue weighted by Crippen LogP contribution is 2.11. The van der Waals surface area contributed by atoms with E-state index in [1.807, 2.05) is 6.08 Å². The molecule has 0 bridgehead atoms. The van der Waals surface area contributed by atoms with E-state index in [-0.39, 0.29) is 0 Å². The maximum absolute atomic E-state index is 3.77. The number of hydrogen-bond donors (Lipinski definition) is 0. The summed E-state index contributed by atoms with van der Waals surface area (Å²) >= 11 is 0. The van der Waals surface area contributed by atoms with Gasteiger partial charge >= 0.3 is 0 Å². The minimum atomic E-state index is 1.20. The van der Waals surface area contributed by atoms with E-state index >= 15 is 0 Å². The molecule has 0 saturated heterocycles. The third kappa shape index (κ3) is 19.5. The Bertz CT molecular complexity index is 214. The summed E-state index contributed by atoms with van der Waals surface area (Å²) in [5.74, 6) is 0. The zero-order valence-electron chi connectivity index (χ0n) is 14.8. The maximum Gasteiger partial charge on any atom is -0.0351 e. The summed E-state index contributed by atoms with van der Waals surface area (Å²) in [4.78, 5) is 0. The van der Waals surface area contributed by atoms with E-state index < -0.39 is 0 Å². The summed E-state index contributed by atoms with van der Waals surface area (Å²) in [6.07, 6.45) is 29.0. The standard InChI is InChI=1S/C21H40/c1-3-5-7-9-11-13-15-17-19-21-20-18-16-14-12-10-8-6-4-2/h3,18,20H,1,4-17,19,21H2,2H3/b20-18-. The zero-order chi connectivity index (χ0) is 15.4. The number of unbranched alkanes of at least 4 members (excludes halogenated alkanes) is 14. The third-order valence-corrected chi connectivity index (χ3v) is 4.17. The van der Waals surface area contributed by atoms with Gasteiger partial charge in [-0.15, -0.1) is 6.58 Å². The van der Waals surface area contributed by atoms with Gasteiger partial charge < -0.3 is 0 Å². The summed E-state index contributed by atoms with van der Waals surface area (Å²) in [6, 6.07) is 0. The minimum Gasteiger partial charge on any atom is -0.103 e. The first-order valence-electron chi connectivity index (χ1n) is 9.67. The van der Waals surface area contributed by atoms with E-state index in [2.05, 4.69) is 25.7 Å². The third-order valence-electron chi connectivity index (χ3n) is 4.17. The van der Waals surface area contributed by atoms with Crippen molar-refractivity contribution in [3.8, 4) is 0 Å². The van der Waals surface area contributed by atoms with Crippen LogP contribution in [0.4, 0.5) is 0 Å². The monoisotopic (exact) mass is 292 g/mol. The Hall–Kier alpha value is -0.520. The van der Waals surface area contributed by atoms with E-state index in [1.165, 1.54) is 103 Å². The van der Waals surface area contributed by atoms with Gasteiger partial charge in [-0.2, -0.15) is 0 Å². The fourth-order valence-electron chi connectivity index (χ4n) is 2.71. The molecule has 0 unspecified atom stereocenters. The molecule has 0 saturated carbocycles. The van der Waals surface area contributed by atoms with Gasteiger partial charge in [0.15, 0.2) is 0 Å². The van der Waals surface area contributed by atoms with Crippen molar-refractivity contribution in [2.45, 2.75) is 110 Å². The lowest BCUT2D eigenvalue weighted by molar-refractivity contribution is 0.583. The molecule has 0 heterocycles. The van der Waals surface area contributed by atoms with Gasteiger partial charge in [-0.1, -0.05) is 89.4 Å². The van der Waals surface area contributed by atoms with Crippen LogP contribution in [0.3, 0.4) is 0 Å². The molecule has 0 nitrogen and oxygen atoms in total. The Morgan fingerprint density at radius 3 is 1.33 bits per heavy atom. The molecule has 0 aliphatic heterocycles. The van der Waals surface area contributed by atoms with Crippen molar-refractivity contribution >= 4 is 0 Å². The second-order valence-electron chi connectivity index (χ2n) is 6.37. The first-order valence-corrected chi connectivity index (χ1v) is 9.67. The molecule has 0 atom stereocenters. The second kappa shape index (κ2) is 19.5. The normalized spacial score (nSPS) is 11.3. The quantitative estimate of drug-likeness (QED) is 0.188. The van der Waals surface area contributed by atoms with Gasteiger partial charge in [-0.3, -0.25) is 0 Å². The molecule has 0 spiro atoms. The van der Waals surface area contributed by atoms with Crippen LogP contribution in [-0.4, -0.2) is 0 Å². The van der Waals surface area contributed by atoms with Gasteiger partial charge in [0.2, 0.25) is 0 Å². The number of allylic oxidation sites excluding steroid dienone is 3. The molecule has 0 rings (SSSR count). The first-order chi connectivity index (χ1) is 10.4. The largest absolute Gasteiger partial charge is 0.103 e. The van der Waals surface area contributed by atoms with Crippen molar-refractivity contribution in [3.05, 3.63) is 24.8 Å². The fraction of sp³-hybridized carbons (Fsp3) is 0.810. The van der Waals surface area contributed by atoms with Crippen LogP contribution >= 0.6 is 0 Å². The molecule has 0 radical (unpaired) electrons. The highest BCUT2D eigenvalue weighted by atomic mass is 14.0. The molecular formula is C21H40. The Morgan fingerprint density at radius 2 is 0.905 bits per heavy atom. The topological polar surface area (TPSA) is 0 Å². The lowest BCUT2D eigenvalue weighted by atomic mass is 10.1. The van der Waals surface area contributed by atoms with E-state index in [0.29, 0.717) is 0 Å². The van der Waals surface area contributed by atoms with Crippen LogP contribution in [0, 0.1) is 0 Å². The van der Waals surface area contributed by atoms with E-state index in [1.54, 1.807) is 0 Å². The van der Waals surface area contributed by atoms with Gasteiger partial charge in [-0.05, 0) is 38.5 Å². The summed E-state index contributed by atoms with van der Waals surface area (Å²) in [6.45, 7) is 6.05. The van der Waals surface area contributed by atoms with Crippen LogP contribution in [0.25, 0.3) is 0 Å². The maximum atomic E-state index is 3.77. The lowest BCUT2D eigenvalue weighted by Gasteiger charge is -2.00. The smallest absolute Gasteiger partial charge is 0.0351 e. The van der Waals surface area contributed by atoms with E-state index in [4.69, 9.17) is 0 Å². The van der Waals surface area contributed by atoms with Gasteiger partial charge in [0.05, 0.1) is 0 Å². The van der Waals surface area contributed by atoms with Crippen molar-refractivity contribution in [2.24, 2.45) is 0 Å². The Balaban J connectivity index is 3.03. The van der Waals surface area contributed by atoms with E-state index in [9.17, 15) is 0 Å². The first kappa shape index (κ1) is 20.5. The molecule has 21 heavy (non-hydrogen) atoms. The van der Waals surface area contributed by atoms with Crippen LogP contribution in [0.1, 0.15) is 110 Å². The van der Waals surface area contributed by atoms with Crippen LogP contribution in [0.2, 0.25) is 0 Å². The van der Waals surface area contributed by atoms with Crippen LogP contribution in [0.15, 0.2) is 24.8 Å². The van der Waals surface area contributed by atoms with Crippen molar-refractivity contribution in [1.29, 1.82) is 0 Å². The van der Waals surface area contributed by atoms with Crippen LogP contribution in [-0.2, 0) is 0 Å². The Labute approximate surface area is 135 Å². The molecule has 0 aromatic carbocycles. The van der Waals surface area contributed by atoms with Crippen molar-refractivity contribution < 1.29 is 0 Å². The predicted molar refractivity (Wildman–Crippen MR) is 98.9 cm³/mol. The van der Waals surface area contributed by atoms with E-state index in [0.717, 1.165) is 0 Å². The number of hydrogen-bond acceptors (Lipinski definition) is 0. The zero-order valence-corrected chi connectivity index (χ0v) is 14.8. The average Bonchev–Trinajstić information content (AvgIpc) is 2.50. The molecule has 0 amide bonds. The summed E-state index contributed by atoms with van der Waals surface area (Å²) < 4.78 is 0. The SMILES string of the molecule is C=CCCCCCCCCC/C=C\CCCCCCCC. The number of rotatable bonds is 17. The van der Waals surface area contributed by atoms with Crippen molar-refractivity contribution in [2.75, 3.05) is 0 Å². The van der Waals surface area contributed by atoms with Gasteiger partial charge in [-0.25, -0.2) is 0 Å². The molecular weight excluding hydrogens is 252 g/mol. The second-order valence-corrected chi connectivity index (χ2v) is 6.37. The van der Waals surface area contributed by atoms with Crippen molar-refractivity contribution in [1.82, 2.24) is 0 Å². The van der Waals surface area contributed by atoms with Gasteiger partial charge in [0.25, 0.3) is 0 Å². The molecule has 0 aliphatic carbocycles. The summed E-state index contributed by atoms with van der Waals surface area (Å²) in [5.41, 5.74) is 0. The molecule has 0 heteroatoms. The molecule has 0 aromatic heterocycles. The van der Waals surface area contributed by atoms with Crippen molar-refractivity contribution in [3.63, 3.8) is 0 Å². The van der Waals surface area contributed by atoms with Crippen LogP contribution < -0.4 is 0 Å². The molecule has 0 fully saturated rings. The summed E-state index contributed by atoms with van der Waals surface area (Å²) in [7, 11) is 0. The predicted octanol–water partition coefficient (Wildman–Crippen LogP) is 7.99.